The highest BCUT2D eigenvalue weighted by atomic mass is 32.2. The van der Waals surface area contributed by atoms with E-state index in [1.807, 2.05) is 0 Å². The van der Waals surface area contributed by atoms with E-state index < -0.39 is 26.8 Å². The minimum atomic E-state index is -5.78. The standard InChI is InChI=1S/C13H13F3O4S/c1-4-12(2,3)10-7-9(8-17)5-6-11(10)20-21(18,19)13(14,15)16/h4-8H,1H2,2-3H3. The van der Waals surface area contributed by atoms with Gasteiger partial charge in [-0.2, -0.15) is 21.6 Å². The molecule has 0 aliphatic heterocycles. The van der Waals surface area contributed by atoms with Gasteiger partial charge in [-0.1, -0.05) is 19.9 Å². The zero-order chi connectivity index (χ0) is 16.5. The van der Waals surface area contributed by atoms with Crippen molar-refractivity contribution in [2.24, 2.45) is 0 Å². The van der Waals surface area contributed by atoms with E-state index in [0.717, 1.165) is 12.1 Å². The van der Waals surface area contributed by atoms with Crippen LogP contribution >= 0.6 is 0 Å². The lowest BCUT2D eigenvalue weighted by Crippen LogP contribution is -2.29. The van der Waals surface area contributed by atoms with Crippen molar-refractivity contribution in [1.82, 2.24) is 0 Å². The largest absolute Gasteiger partial charge is 0.534 e. The van der Waals surface area contributed by atoms with Gasteiger partial charge in [-0.3, -0.25) is 4.79 Å². The van der Waals surface area contributed by atoms with Crippen molar-refractivity contribution in [1.29, 1.82) is 0 Å². The number of allylic oxidation sites excluding steroid dienone is 1. The molecule has 0 atom stereocenters. The van der Waals surface area contributed by atoms with Gasteiger partial charge in [-0.25, -0.2) is 0 Å². The molecule has 0 unspecified atom stereocenters. The molecule has 0 saturated heterocycles. The van der Waals surface area contributed by atoms with Crippen LogP contribution in [-0.4, -0.2) is 20.2 Å². The third-order valence-electron chi connectivity index (χ3n) is 2.83. The van der Waals surface area contributed by atoms with Crippen molar-refractivity contribution >= 4 is 16.4 Å². The fraction of sp³-hybridized carbons (Fsp3) is 0.308. The molecule has 1 aromatic rings. The average Bonchev–Trinajstić information content (AvgIpc) is 2.37. The number of benzene rings is 1. The summed E-state index contributed by atoms with van der Waals surface area (Å²) in [7, 11) is -5.78. The zero-order valence-corrected chi connectivity index (χ0v) is 12.1. The molecule has 0 aliphatic carbocycles. The van der Waals surface area contributed by atoms with Crippen LogP contribution in [0.4, 0.5) is 13.2 Å². The summed E-state index contributed by atoms with van der Waals surface area (Å²) in [4.78, 5) is 10.8. The van der Waals surface area contributed by atoms with Crippen molar-refractivity contribution in [3.05, 3.63) is 42.0 Å². The van der Waals surface area contributed by atoms with Crippen LogP contribution in [0.15, 0.2) is 30.9 Å². The Balaban J connectivity index is 3.44. The number of hydrogen-bond donors (Lipinski definition) is 0. The molecular weight excluding hydrogens is 309 g/mol. The van der Waals surface area contributed by atoms with Crippen molar-refractivity contribution < 1.29 is 30.6 Å². The molecule has 0 heterocycles. The Morgan fingerprint density at radius 2 is 1.81 bits per heavy atom. The first-order chi connectivity index (χ1) is 9.44. The molecule has 0 radical (unpaired) electrons. The van der Waals surface area contributed by atoms with Gasteiger partial charge in [0, 0.05) is 16.5 Å². The summed E-state index contributed by atoms with van der Waals surface area (Å²) in [5.74, 6) is -0.497. The smallest absolute Gasteiger partial charge is 0.376 e. The Kier molecular flexibility index (Phi) is 4.52. The lowest BCUT2D eigenvalue weighted by molar-refractivity contribution is -0.0500. The third-order valence-corrected chi connectivity index (χ3v) is 3.79. The molecule has 0 amide bonds. The van der Waals surface area contributed by atoms with Crippen molar-refractivity contribution in [3.8, 4) is 5.75 Å². The van der Waals surface area contributed by atoms with Crippen molar-refractivity contribution in [3.63, 3.8) is 0 Å². The van der Waals surface area contributed by atoms with E-state index in [0.29, 0.717) is 6.29 Å². The van der Waals surface area contributed by atoms with Crippen molar-refractivity contribution in [2.75, 3.05) is 0 Å². The zero-order valence-electron chi connectivity index (χ0n) is 11.3. The van der Waals surface area contributed by atoms with Crippen molar-refractivity contribution in [2.45, 2.75) is 24.8 Å². The molecule has 21 heavy (non-hydrogen) atoms. The number of rotatable bonds is 5. The van der Waals surface area contributed by atoms with Gasteiger partial charge in [0.1, 0.15) is 12.0 Å². The van der Waals surface area contributed by atoms with Crippen LogP contribution in [0.3, 0.4) is 0 Å². The fourth-order valence-electron chi connectivity index (χ4n) is 1.47. The van der Waals surface area contributed by atoms with E-state index in [4.69, 9.17) is 0 Å². The number of aldehydes is 1. The first-order valence-corrected chi connectivity index (χ1v) is 7.09. The lowest BCUT2D eigenvalue weighted by atomic mass is 9.83. The SMILES string of the molecule is C=CC(C)(C)c1cc(C=O)ccc1OS(=O)(=O)C(F)(F)F. The molecule has 0 spiro atoms. The minimum absolute atomic E-state index is 0.106. The van der Waals surface area contributed by atoms with Gasteiger partial charge in [-0.05, 0) is 18.2 Å². The molecule has 4 nitrogen and oxygen atoms in total. The molecule has 0 saturated carbocycles. The number of carbonyl (C=O) groups excluding carboxylic acids is 1. The van der Waals surface area contributed by atoms with E-state index >= 15 is 0 Å². The summed E-state index contributed by atoms with van der Waals surface area (Å²) < 4.78 is 63.5. The lowest BCUT2D eigenvalue weighted by Gasteiger charge is -2.24. The molecule has 0 aromatic heterocycles. The Bertz CT molecular complexity index is 660. The summed E-state index contributed by atoms with van der Waals surface area (Å²) in [6.45, 7) is 6.72. The van der Waals surface area contributed by atoms with E-state index in [-0.39, 0.29) is 11.1 Å². The maximum atomic E-state index is 12.4. The highest BCUT2D eigenvalue weighted by Crippen LogP contribution is 2.36. The molecule has 0 fully saturated rings. The van der Waals surface area contributed by atoms with Gasteiger partial charge in [0.15, 0.2) is 0 Å². The Morgan fingerprint density at radius 3 is 2.24 bits per heavy atom. The Labute approximate surface area is 120 Å². The van der Waals surface area contributed by atoms with E-state index in [9.17, 15) is 26.4 Å². The third kappa shape index (κ3) is 3.63. The topological polar surface area (TPSA) is 60.4 Å². The second-order valence-electron chi connectivity index (χ2n) is 4.78. The normalized spacial score (nSPS) is 12.8. The molecule has 0 aliphatic rings. The molecule has 1 aromatic carbocycles. The molecule has 0 N–H and O–H groups in total. The predicted octanol–water partition coefficient (Wildman–Crippen LogP) is 3.19. The van der Waals surface area contributed by atoms with Crippen LogP contribution in [0.25, 0.3) is 0 Å². The van der Waals surface area contributed by atoms with Gasteiger partial charge in [0.2, 0.25) is 0 Å². The van der Waals surface area contributed by atoms with Gasteiger partial charge in [0.25, 0.3) is 0 Å². The minimum Gasteiger partial charge on any atom is -0.376 e. The van der Waals surface area contributed by atoms with Gasteiger partial charge in [-0.15, -0.1) is 6.58 Å². The first kappa shape index (κ1) is 17.2. The fourth-order valence-corrected chi connectivity index (χ4v) is 1.95. The second-order valence-corrected chi connectivity index (χ2v) is 6.32. The van der Waals surface area contributed by atoms with E-state index in [1.54, 1.807) is 13.8 Å². The second kappa shape index (κ2) is 5.51. The molecule has 116 valence electrons. The number of alkyl halides is 3. The van der Waals surface area contributed by atoms with Crippen LogP contribution in [0.5, 0.6) is 5.75 Å². The summed E-state index contributed by atoms with van der Waals surface area (Å²) >= 11 is 0. The number of hydrogen-bond acceptors (Lipinski definition) is 4. The number of halogens is 3. The average molecular weight is 322 g/mol. The van der Waals surface area contributed by atoms with Gasteiger partial charge < -0.3 is 4.18 Å². The highest BCUT2D eigenvalue weighted by molar-refractivity contribution is 7.88. The highest BCUT2D eigenvalue weighted by Gasteiger charge is 2.49. The molecule has 8 heteroatoms. The molecule has 0 bridgehead atoms. The van der Waals surface area contributed by atoms with Crippen LogP contribution in [-0.2, 0) is 15.5 Å². The molecular formula is C13H13F3O4S. The van der Waals surface area contributed by atoms with Crippen LogP contribution in [0.2, 0.25) is 0 Å². The first-order valence-electron chi connectivity index (χ1n) is 5.68. The molecule has 1 rings (SSSR count). The summed E-state index contributed by atoms with van der Waals surface area (Å²) in [6.07, 6.45) is 1.90. The summed E-state index contributed by atoms with van der Waals surface area (Å²) in [5, 5.41) is 0. The Morgan fingerprint density at radius 1 is 1.24 bits per heavy atom. The van der Waals surface area contributed by atoms with E-state index in [2.05, 4.69) is 10.8 Å². The number of carbonyl (C=O) groups is 1. The maximum Gasteiger partial charge on any atom is 0.534 e. The van der Waals surface area contributed by atoms with Crippen LogP contribution in [0.1, 0.15) is 29.8 Å². The monoisotopic (exact) mass is 322 g/mol. The Hall–Kier alpha value is -1.83. The van der Waals surface area contributed by atoms with Crippen LogP contribution < -0.4 is 4.18 Å². The summed E-state index contributed by atoms with van der Waals surface area (Å²) in [6, 6.07) is 3.43. The maximum absolute atomic E-state index is 12.4. The predicted molar refractivity (Wildman–Crippen MR) is 70.7 cm³/mol. The quantitative estimate of drug-likeness (QED) is 0.361. The van der Waals surface area contributed by atoms with Gasteiger partial charge >= 0.3 is 15.6 Å². The summed E-state index contributed by atoms with van der Waals surface area (Å²) in [5.41, 5.74) is -6.15. The van der Waals surface area contributed by atoms with E-state index in [1.165, 1.54) is 12.1 Å². The van der Waals surface area contributed by atoms with Gasteiger partial charge in [0.05, 0.1) is 0 Å². The van der Waals surface area contributed by atoms with Crippen LogP contribution in [0, 0.1) is 0 Å².